The number of aromatic nitrogens is 3. The highest BCUT2D eigenvalue weighted by Crippen LogP contribution is 2.43. The van der Waals surface area contributed by atoms with E-state index in [1.54, 1.807) is 11.3 Å². The highest BCUT2D eigenvalue weighted by molar-refractivity contribution is 7.13. The first-order valence-corrected chi connectivity index (χ1v) is 12.5. The van der Waals surface area contributed by atoms with Gasteiger partial charge in [0.05, 0.1) is 11.4 Å². The number of aryl methyl sites for hydroxylation is 1. The average Bonchev–Trinajstić information content (AvgIpc) is 3.56. The van der Waals surface area contributed by atoms with Gasteiger partial charge in [-0.05, 0) is 24.6 Å². The third-order valence-corrected chi connectivity index (χ3v) is 6.90. The second-order valence-electron chi connectivity index (χ2n) is 8.46. The summed E-state index contributed by atoms with van der Waals surface area (Å²) < 4.78 is 2.05. The van der Waals surface area contributed by atoms with Gasteiger partial charge >= 0.3 is 0 Å². The molecular weight excluding hydrogens is 446 g/mol. The third kappa shape index (κ3) is 4.09. The first kappa shape index (κ1) is 21.3. The lowest BCUT2D eigenvalue weighted by Crippen LogP contribution is -1.99. The largest absolute Gasteiger partial charge is 0.234 e. The smallest absolute Gasteiger partial charge is 0.143 e. The summed E-state index contributed by atoms with van der Waals surface area (Å²) in [6.45, 7) is 2.11. The minimum Gasteiger partial charge on any atom is -0.234 e. The highest BCUT2D eigenvalue weighted by atomic mass is 32.1. The molecule has 6 aromatic rings. The number of rotatable bonds is 5. The monoisotopic (exact) mass is 469 g/mol. The molecule has 0 spiro atoms. The van der Waals surface area contributed by atoms with Crippen molar-refractivity contribution in [2.75, 3.05) is 0 Å². The maximum absolute atomic E-state index is 5.19. The Bertz CT molecular complexity index is 1570. The van der Waals surface area contributed by atoms with E-state index in [9.17, 15) is 0 Å². The molecule has 2 aromatic heterocycles. The predicted molar refractivity (Wildman–Crippen MR) is 146 cm³/mol. The summed E-state index contributed by atoms with van der Waals surface area (Å²) >= 11 is 1.65. The molecule has 0 saturated carbocycles. The van der Waals surface area contributed by atoms with E-state index in [1.807, 2.05) is 47.1 Å². The Balaban J connectivity index is 1.65. The van der Waals surface area contributed by atoms with Crippen LogP contribution in [-0.2, 0) is 0 Å². The molecule has 3 nitrogen and oxygen atoms in total. The quantitative estimate of drug-likeness (QED) is 0.254. The lowest BCUT2D eigenvalue weighted by molar-refractivity contribution is 0.891. The van der Waals surface area contributed by atoms with Crippen LogP contribution < -0.4 is 0 Å². The van der Waals surface area contributed by atoms with Gasteiger partial charge in [0.1, 0.15) is 16.4 Å². The molecule has 0 saturated heterocycles. The number of hydrogen-bond donors (Lipinski definition) is 0. The fourth-order valence-corrected chi connectivity index (χ4v) is 5.15. The van der Waals surface area contributed by atoms with Crippen molar-refractivity contribution in [2.45, 2.75) is 6.92 Å². The maximum Gasteiger partial charge on any atom is 0.143 e. The minimum absolute atomic E-state index is 0.943. The van der Waals surface area contributed by atoms with Crippen LogP contribution in [0.2, 0.25) is 0 Å². The number of thiazole rings is 1. The van der Waals surface area contributed by atoms with Gasteiger partial charge in [-0.25, -0.2) is 9.67 Å². The molecule has 0 amide bonds. The van der Waals surface area contributed by atoms with Crippen LogP contribution in [0.1, 0.15) is 5.56 Å². The van der Waals surface area contributed by atoms with Gasteiger partial charge in [-0.3, -0.25) is 0 Å². The Morgan fingerprint density at radius 3 is 1.89 bits per heavy atom. The minimum atomic E-state index is 0.943. The van der Waals surface area contributed by atoms with E-state index in [0.29, 0.717) is 0 Å². The van der Waals surface area contributed by atoms with Crippen LogP contribution in [0.5, 0.6) is 0 Å². The molecule has 6 rings (SSSR count). The zero-order valence-electron chi connectivity index (χ0n) is 19.3. The van der Waals surface area contributed by atoms with Crippen molar-refractivity contribution in [3.63, 3.8) is 0 Å². The van der Waals surface area contributed by atoms with Crippen molar-refractivity contribution in [1.82, 2.24) is 14.8 Å². The third-order valence-electron chi connectivity index (χ3n) is 6.05. The molecule has 0 fully saturated rings. The Labute approximate surface area is 209 Å². The number of hydrogen-bond acceptors (Lipinski definition) is 3. The van der Waals surface area contributed by atoms with Crippen molar-refractivity contribution >= 4 is 11.3 Å². The molecule has 4 aromatic carbocycles. The van der Waals surface area contributed by atoms with Crippen molar-refractivity contribution in [2.24, 2.45) is 0 Å². The fraction of sp³-hybridized carbons (Fsp3) is 0.0323. The van der Waals surface area contributed by atoms with Gasteiger partial charge in [-0.1, -0.05) is 109 Å². The molecule has 0 aliphatic carbocycles. The molecule has 168 valence electrons. The fourth-order valence-electron chi connectivity index (χ4n) is 4.29. The van der Waals surface area contributed by atoms with Gasteiger partial charge < -0.3 is 0 Å². The molecular formula is C31H23N3S. The number of para-hydroxylation sites is 1. The van der Waals surface area contributed by atoms with Crippen LogP contribution >= 0.6 is 11.3 Å². The van der Waals surface area contributed by atoms with Crippen molar-refractivity contribution in [3.05, 3.63) is 126 Å². The standard InChI is InChI=1S/C31H23N3S/c1-22-17-19-24(20-18-22)28-29(25-13-7-3-8-14-25)33-34(26-15-9-4-10-16-26)30(28)31-32-27(21-35-31)23-11-5-2-6-12-23/h2-21H,1H3. The first-order chi connectivity index (χ1) is 17.3. The zero-order valence-corrected chi connectivity index (χ0v) is 20.1. The summed E-state index contributed by atoms with van der Waals surface area (Å²) in [6, 6.07) is 39.7. The topological polar surface area (TPSA) is 30.7 Å². The maximum atomic E-state index is 5.19. The normalized spacial score (nSPS) is 11.0. The number of nitrogens with zero attached hydrogens (tertiary/aromatic N) is 3. The van der Waals surface area contributed by atoms with Gasteiger partial charge in [0, 0.05) is 22.1 Å². The Morgan fingerprint density at radius 2 is 1.23 bits per heavy atom. The van der Waals surface area contributed by atoms with Crippen LogP contribution in [0.4, 0.5) is 0 Å². The molecule has 0 N–H and O–H groups in total. The predicted octanol–water partition coefficient (Wildman–Crippen LogP) is 8.31. The van der Waals surface area contributed by atoms with Crippen LogP contribution in [0.3, 0.4) is 0 Å². The van der Waals surface area contributed by atoms with Crippen LogP contribution in [-0.4, -0.2) is 14.8 Å². The van der Waals surface area contributed by atoms with Gasteiger partial charge in [-0.2, -0.15) is 5.10 Å². The van der Waals surface area contributed by atoms with Crippen molar-refractivity contribution in [3.8, 4) is 50.0 Å². The second-order valence-corrected chi connectivity index (χ2v) is 9.31. The van der Waals surface area contributed by atoms with E-state index in [0.717, 1.165) is 50.0 Å². The zero-order chi connectivity index (χ0) is 23.6. The van der Waals surface area contributed by atoms with Gasteiger partial charge in [0.15, 0.2) is 0 Å². The van der Waals surface area contributed by atoms with Crippen LogP contribution in [0.15, 0.2) is 121 Å². The van der Waals surface area contributed by atoms with Gasteiger partial charge in [0.25, 0.3) is 0 Å². The summed E-state index contributed by atoms with van der Waals surface area (Å²) in [5.74, 6) is 0. The van der Waals surface area contributed by atoms with E-state index in [4.69, 9.17) is 10.1 Å². The second kappa shape index (κ2) is 9.16. The summed E-state index contributed by atoms with van der Waals surface area (Å²) in [6.07, 6.45) is 0. The summed E-state index contributed by atoms with van der Waals surface area (Å²) in [4.78, 5) is 5.11. The lowest BCUT2D eigenvalue weighted by atomic mass is 9.98. The first-order valence-electron chi connectivity index (χ1n) is 11.6. The average molecular weight is 470 g/mol. The Morgan fingerprint density at radius 1 is 0.629 bits per heavy atom. The van der Waals surface area contributed by atoms with Crippen LogP contribution in [0.25, 0.3) is 50.0 Å². The van der Waals surface area contributed by atoms with E-state index in [2.05, 4.69) is 85.1 Å². The summed E-state index contributed by atoms with van der Waals surface area (Å²) in [7, 11) is 0. The molecule has 2 heterocycles. The molecule has 0 radical (unpaired) electrons. The van der Waals surface area contributed by atoms with E-state index < -0.39 is 0 Å². The molecule has 0 atom stereocenters. The molecule has 0 aliphatic heterocycles. The van der Waals surface area contributed by atoms with Crippen LogP contribution in [0, 0.1) is 6.92 Å². The van der Waals surface area contributed by atoms with E-state index in [-0.39, 0.29) is 0 Å². The summed E-state index contributed by atoms with van der Waals surface area (Å²) in [5, 5.41) is 8.27. The van der Waals surface area contributed by atoms with E-state index >= 15 is 0 Å². The molecule has 0 aliphatic rings. The van der Waals surface area contributed by atoms with E-state index in [1.165, 1.54) is 5.56 Å². The SMILES string of the molecule is Cc1ccc(-c2c(-c3ccccc3)nn(-c3ccccc3)c2-c2nc(-c3ccccc3)cs2)cc1. The molecule has 0 bridgehead atoms. The Hall–Kier alpha value is -4.28. The molecule has 4 heteroatoms. The van der Waals surface area contributed by atoms with Crippen molar-refractivity contribution < 1.29 is 0 Å². The molecule has 35 heavy (non-hydrogen) atoms. The highest BCUT2D eigenvalue weighted by Gasteiger charge is 2.25. The Kier molecular flexibility index (Phi) is 5.57. The lowest BCUT2D eigenvalue weighted by Gasteiger charge is -2.09. The van der Waals surface area contributed by atoms with Gasteiger partial charge in [-0.15, -0.1) is 11.3 Å². The molecule has 0 unspecified atom stereocenters. The van der Waals surface area contributed by atoms with Crippen molar-refractivity contribution in [1.29, 1.82) is 0 Å². The number of benzene rings is 4. The summed E-state index contributed by atoms with van der Waals surface area (Å²) in [5.41, 5.74) is 9.58. The van der Waals surface area contributed by atoms with Gasteiger partial charge in [0.2, 0.25) is 0 Å².